The maximum Gasteiger partial charge on any atom is 0.305 e. The van der Waals surface area contributed by atoms with E-state index in [2.05, 4.69) is 5.32 Å². The molecule has 0 saturated heterocycles. The molecule has 0 radical (unpaired) electrons. The first-order valence-electron chi connectivity index (χ1n) is 6.34. The van der Waals surface area contributed by atoms with Crippen LogP contribution in [0, 0.1) is 22.5 Å². The largest absolute Gasteiger partial charge is 0.481 e. The fourth-order valence-corrected chi connectivity index (χ4v) is 1.86. The Morgan fingerprint density at radius 1 is 1.45 bits per heavy atom. The number of benzene rings is 1. The zero-order valence-corrected chi connectivity index (χ0v) is 12.1. The molecule has 0 spiro atoms. The van der Waals surface area contributed by atoms with Crippen LogP contribution in [-0.2, 0) is 4.79 Å². The van der Waals surface area contributed by atoms with Gasteiger partial charge in [-0.25, -0.2) is 0 Å². The van der Waals surface area contributed by atoms with E-state index in [1.807, 2.05) is 27.7 Å². The van der Waals surface area contributed by atoms with E-state index < -0.39 is 16.9 Å². The highest BCUT2D eigenvalue weighted by atomic mass is 16.6. The maximum atomic E-state index is 11.0. The van der Waals surface area contributed by atoms with Crippen LogP contribution in [-0.4, -0.2) is 22.0 Å². The minimum absolute atomic E-state index is 0.0461. The number of aliphatic carboxylic acids is 1. The minimum Gasteiger partial charge on any atom is -0.481 e. The average molecular weight is 280 g/mol. The third-order valence-electron chi connectivity index (χ3n) is 3.10. The Kier molecular flexibility index (Phi) is 4.70. The molecule has 110 valence electrons. The molecule has 0 amide bonds. The van der Waals surface area contributed by atoms with Gasteiger partial charge in [0.15, 0.2) is 0 Å². The van der Waals surface area contributed by atoms with Gasteiger partial charge < -0.3 is 10.4 Å². The SMILES string of the molecule is Cc1ccc([N+](=O)[O-])c(NC(CC(=O)O)C(C)(C)C)c1. The molecular formula is C14H20N2O4. The van der Waals surface area contributed by atoms with Crippen LogP contribution in [0.1, 0.15) is 32.8 Å². The van der Waals surface area contributed by atoms with Crippen molar-refractivity contribution >= 4 is 17.3 Å². The number of rotatable bonds is 5. The number of anilines is 1. The molecule has 0 bridgehead atoms. The van der Waals surface area contributed by atoms with E-state index in [1.165, 1.54) is 6.07 Å². The molecule has 1 rings (SSSR count). The molecule has 0 saturated carbocycles. The standard InChI is InChI=1S/C14H20N2O4/c1-9-5-6-11(16(19)20)10(7-9)15-12(8-13(17)18)14(2,3)4/h5-7,12,15H,8H2,1-4H3,(H,17,18). The van der Waals surface area contributed by atoms with Crippen molar-refractivity contribution in [2.75, 3.05) is 5.32 Å². The Balaban J connectivity index is 3.13. The fourth-order valence-electron chi connectivity index (χ4n) is 1.86. The summed E-state index contributed by atoms with van der Waals surface area (Å²) in [6.07, 6.45) is -0.103. The Morgan fingerprint density at radius 3 is 2.50 bits per heavy atom. The molecule has 0 aromatic heterocycles. The molecule has 0 aliphatic heterocycles. The highest BCUT2D eigenvalue weighted by molar-refractivity contribution is 5.70. The summed E-state index contributed by atoms with van der Waals surface area (Å²) in [5.74, 6) is -0.937. The molecule has 0 aliphatic carbocycles. The van der Waals surface area contributed by atoms with E-state index in [-0.39, 0.29) is 17.5 Å². The van der Waals surface area contributed by atoms with E-state index in [0.717, 1.165) is 5.56 Å². The summed E-state index contributed by atoms with van der Waals surface area (Å²) in [7, 11) is 0. The first-order chi connectivity index (χ1) is 9.11. The van der Waals surface area contributed by atoms with Crippen molar-refractivity contribution in [3.8, 4) is 0 Å². The zero-order valence-electron chi connectivity index (χ0n) is 12.1. The predicted molar refractivity (Wildman–Crippen MR) is 77.0 cm³/mol. The van der Waals surface area contributed by atoms with Gasteiger partial charge in [-0.15, -0.1) is 0 Å². The minimum atomic E-state index is -0.937. The van der Waals surface area contributed by atoms with Crippen LogP contribution in [0.4, 0.5) is 11.4 Å². The molecule has 0 aliphatic rings. The summed E-state index contributed by atoms with van der Waals surface area (Å²) in [5, 5.41) is 23.0. The third-order valence-corrected chi connectivity index (χ3v) is 3.10. The van der Waals surface area contributed by atoms with Crippen LogP contribution in [0.5, 0.6) is 0 Å². The van der Waals surface area contributed by atoms with Gasteiger partial charge in [0.1, 0.15) is 5.69 Å². The quantitative estimate of drug-likeness (QED) is 0.638. The lowest BCUT2D eigenvalue weighted by Gasteiger charge is -2.31. The molecule has 20 heavy (non-hydrogen) atoms. The van der Waals surface area contributed by atoms with Gasteiger partial charge in [-0.05, 0) is 24.0 Å². The van der Waals surface area contributed by atoms with Crippen LogP contribution in [0.15, 0.2) is 18.2 Å². The number of carbonyl (C=O) groups is 1. The number of nitrogens with one attached hydrogen (secondary N) is 1. The monoisotopic (exact) mass is 280 g/mol. The summed E-state index contributed by atoms with van der Waals surface area (Å²) in [6.45, 7) is 7.53. The fraction of sp³-hybridized carbons (Fsp3) is 0.500. The lowest BCUT2D eigenvalue weighted by atomic mass is 9.84. The molecule has 2 N–H and O–H groups in total. The van der Waals surface area contributed by atoms with Gasteiger partial charge in [-0.2, -0.15) is 0 Å². The normalized spacial score (nSPS) is 12.8. The van der Waals surface area contributed by atoms with Crippen molar-refractivity contribution in [1.82, 2.24) is 0 Å². The first-order valence-corrected chi connectivity index (χ1v) is 6.34. The number of aryl methyl sites for hydroxylation is 1. The van der Waals surface area contributed by atoms with Crippen molar-refractivity contribution in [3.05, 3.63) is 33.9 Å². The number of hydrogen-bond acceptors (Lipinski definition) is 4. The number of nitro benzene ring substituents is 1. The van der Waals surface area contributed by atoms with Crippen LogP contribution in [0.25, 0.3) is 0 Å². The van der Waals surface area contributed by atoms with Crippen LogP contribution < -0.4 is 5.32 Å². The number of hydrogen-bond donors (Lipinski definition) is 2. The van der Waals surface area contributed by atoms with Gasteiger partial charge in [-0.1, -0.05) is 26.8 Å². The Hall–Kier alpha value is -2.11. The van der Waals surface area contributed by atoms with E-state index >= 15 is 0 Å². The molecular weight excluding hydrogens is 260 g/mol. The molecule has 1 aromatic rings. The van der Waals surface area contributed by atoms with Gasteiger partial charge in [0.2, 0.25) is 0 Å². The molecule has 6 nitrogen and oxygen atoms in total. The van der Waals surface area contributed by atoms with Crippen LogP contribution >= 0.6 is 0 Å². The van der Waals surface area contributed by atoms with Gasteiger partial charge in [0.05, 0.1) is 11.3 Å². The number of carboxylic acids is 1. The van der Waals surface area contributed by atoms with Crippen molar-refractivity contribution in [3.63, 3.8) is 0 Å². The van der Waals surface area contributed by atoms with E-state index in [9.17, 15) is 14.9 Å². The Morgan fingerprint density at radius 2 is 2.05 bits per heavy atom. The van der Waals surface area contributed by atoms with E-state index in [0.29, 0.717) is 5.69 Å². The molecule has 1 aromatic carbocycles. The summed E-state index contributed by atoms with van der Waals surface area (Å²) >= 11 is 0. The van der Waals surface area contributed by atoms with Gasteiger partial charge >= 0.3 is 5.97 Å². The second-order valence-electron chi connectivity index (χ2n) is 5.94. The Labute approximate surface area is 118 Å². The molecule has 1 unspecified atom stereocenters. The number of carboxylic acid groups (broad SMARTS) is 1. The topological polar surface area (TPSA) is 92.5 Å². The van der Waals surface area contributed by atoms with E-state index in [1.54, 1.807) is 12.1 Å². The summed E-state index contributed by atoms with van der Waals surface area (Å²) < 4.78 is 0. The summed E-state index contributed by atoms with van der Waals surface area (Å²) in [5.41, 5.74) is 0.850. The molecule has 6 heteroatoms. The molecule has 1 atom stereocenters. The second kappa shape index (κ2) is 5.90. The average Bonchev–Trinajstić information content (AvgIpc) is 2.25. The van der Waals surface area contributed by atoms with Gasteiger partial charge in [-0.3, -0.25) is 14.9 Å². The summed E-state index contributed by atoms with van der Waals surface area (Å²) in [6, 6.07) is 4.35. The Bertz CT molecular complexity index is 520. The highest BCUT2D eigenvalue weighted by Gasteiger charge is 2.28. The molecule has 0 heterocycles. The third kappa shape index (κ3) is 4.22. The van der Waals surface area contributed by atoms with Crippen LogP contribution in [0.3, 0.4) is 0 Å². The second-order valence-corrected chi connectivity index (χ2v) is 5.94. The zero-order chi connectivity index (χ0) is 15.5. The first kappa shape index (κ1) is 15.9. The maximum absolute atomic E-state index is 11.0. The lowest BCUT2D eigenvalue weighted by molar-refractivity contribution is -0.384. The van der Waals surface area contributed by atoms with Crippen molar-refractivity contribution in [2.24, 2.45) is 5.41 Å². The highest BCUT2D eigenvalue weighted by Crippen LogP contribution is 2.31. The smallest absolute Gasteiger partial charge is 0.305 e. The molecule has 0 fully saturated rings. The van der Waals surface area contributed by atoms with Gasteiger partial charge in [0.25, 0.3) is 5.69 Å². The van der Waals surface area contributed by atoms with E-state index in [4.69, 9.17) is 5.11 Å². The van der Waals surface area contributed by atoms with Crippen molar-refractivity contribution in [2.45, 2.75) is 40.2 Å². The predicted octanol–water partition coefficient (Wildman–Crippen LogP) is 3.20. The number of nitrogens with zero attached hydrogens (tertiary/aromatic N) is 1. The van der Waals surface area contributed by atoms with Gasteiger partial charge in [0, 0.05) is 12.1 Å². The summed E-state index contributed by atoms with van der Waals surface area (Å²) in [4.78, 5) is 21.5. The van der Waals surface area contributed by atoms with Crippen molar-refractivity contribution in [1.29, 1.82) is 0 Å². The van der Waals surface area contributed by atoms with Crippen molar-refractivity contribution < 1.29 is 14.8 Å². The lowest BCUT2D eigenvalue weighted by Crippen LogP contribution is -2.36. The number of nitro groups is 1. The van der Waals surface area contributed by atoms with Crippen LogP contribution in [0.2, 0.25) is 0 Å².